The molecule has 7 heteroatoms. The van der Waals surface area contributed by atoms with Crippen molar-refractivity contribution >= 4 is 16.7 Å². The molecule has 1 aromatic carbocycles. The minimum atomic E-state index is -0.285. The molecular weight excluding hydrogens is 369 g/mol. The van der Waals surface area contributed by atoms with Crippen molar-refractivity contribution in [2.24, 2.45) is 5.92 Å². The number of benzene rings is 1. The second kappa shape index (κ2) is 7.54. The van der Waals surface area contributed by atoms with Crippen molar-refractivity contribution in [1.82, 2.24) is 19.7 Å². The highest BCUT2D eigenvalue weighted by Crippen LogP contribution is 2.28. The van der Waals surface area contributed by atoms with Gasteiger partial charge in [0.15, 0.2) is 0 Å². The van der Waals surface area contributed by atoms with E-state index in [2.05, 4.69) is 40.7 Å². The van der Waals surface area contributed by atoms with Crippen LogP contribution in [0, 0.1) is 11.7 Å². The summed E-state index contributed by atoms with van der Waals surface area (Å²) < 4.78 is 15.3. The van der Waals surface area contributed by atoms with Gasteiger partial charge < -0.3 is 4.90 Å². The van der Waals surface area contributed by atoms with Crippen LogP contribution in [0.3, 0.4) is 0 Å². The summed E-state index contributed by atoms with van der Waals surface area (Å²) in [4.78, 5) is 23.1. The lowest BCUT2D eigenvalue weighted by Crippen LogP contribution is -2.37. The van der Waals surface area contributed by atoms with Crippen LogP contribution < -0.4 is 10.5 Å². The Morgan fingerprint density at radius 1 is 1.10 bits per heavy atom. The Hall–Kier alpha value is -2.83. The maximum atomic E-state index is 13.7. The summed E-state index contributed by atoms with van der Waals surface area (Å²) in [5.41, 5.74) is 1.51. The normalized spacial score (nSPS) is 15.8. The predicted molar refractivity (Wildman–Crippen MR) is 112 cm³/mol. The molecular formula is C22H26FN5O. The summed E-state index contributed by atoms with van der Waals surface area (Å²) >= 11 is 0. The van der Waals surface area contributed by atoms with E-state index in [1.54, 1.807) is 16.8 Å². The second-order valence-corrected chi connectivity index (χ2v) is 8.78. The number of anilines is 1. The monoisotopic (exact) mass is 395 g/mol. The van der Waals surface area contributed by atoms with Crippen molar-refractivity contribution in [3.63, 3.8) is 0 Å². The lowest BCUT2D eigenvalue weighted by Gasteiger charge is -2.33. The molecule has 29 heavy (non-hydrogen) atoms. The van der Waals surface area contributed by atoms with Gasteiger partial charge in [0.05, 0.1) is 11.2 Å². The van der Waals surface area contributed by atoms with Crippen molar-refractivity contribution in [1.29, 1.82) is 0 Å². The second-order valence-electron chi connectivity index (χ2n) is 8.78. The average Bonchev–Trinajstić information content (AvgIpc) is 2.69. The molecule has 1 saturated heterocycles. The minimum absolute atomic E-state index is 0.0577. The molecule has 0 aliphatic carbocycles. The Morgan fingerprint density at radius 3 is 2.59 bits per heavy atom. The van der Waals surface area contributed by atoms with Gasteiger partial charge in [-0.05, 0) is 43.0 Å². The topological polar surface area (TPSA) is 63.9 Å². The van der Waals surface area contributed by atoms with Crippen LogP contribution in [0.4, 0.5) is 10.2 Å². The van der Waals surface area contributed by atoms with Crippen LogP contribution in [-0.2, 0) is 12.0 Å². The summed E-state index contributed by atoms with van der Waals surface area (Å²) in [7, 11) is 0. The molecule has 0 radical (unpaired) electrons. The summed E-state index contributed by atoms with van der Waals surface area (Å²) in [5, 5.41) is 5.33. The van der Waals surface area contributed by atoms with Gasteiger partial charge in [-0.3, -0.25) is 4.79 Å². The Bertz CT molecular complexity index is 1080. The highest BCUT2D eigenvalue weighted by Gasteiger charge is 2.24. The molecule has 0 bridgehead atoms. The fourth-order valence-corrected chi connectivity index (χ4v) is 3.82. The van der Waals surface area contributed by atoms with Crippen LogP contribution in [0.5, 0.6) is 0 Å². The first-order valence-electron chi connectivity index (χ1n) is 10.0. The van der Waals surface area contributed by atoms with Gasteiger partial charge in [0.1, 0.15) is 18.0 Å². The molecule has 3 aromatic rings. The first-order valence-corrected chi connectivity index (χ1v) is 10.0. The number of halogens is 1. The molecule has 0 unspecified atom stereocenters. The van der Waals surface area contributed by atoms with Gasteiger partial charge in [-0.15, -0.1) is 0 Å². The van der Waals surface area contributed by atoms with Gasteiger partial charge in [0.25, 0.3) is 5.56 Å². The van der Waals surface area contributed by atoms with E-state index < -0.39 is 0 Å². The van der Waals surface area contributed by atoms with Crippen molar-refractivity contribution in [3.05, 3.63) is 58.5 Å². The van der Waals surface area contributed by atoms with E-state index in [4.69, 9.17) is 0 Å². The molecule has 0 saturated carbocycles. The van der Waals surface area contributed by atoms with Gasteiger partial charge in [0, 0.05) is 36.5 Å². The number of aromatic nitrogens is 4. The van der Waals surface area contributed by atoms with Crippen LogP contribution in [-0.4, -0.2) is 32.8 Å². The molecule has 0 atom stereocenters. The summed E-state index contributed by atoms with van der Waals surface area (Å²) in [6.45, 7) is 8.52. The minimum Gasteiger partial charge on any atom is -0.356 e. The molecule has 0 N–H and O–H groups in total. The van der Waals surface area contributed by atoms with Crippen LogP contribution in [0.2, 0.25) is 0 Å². The SMILES string of the molecule is CC(C)(C)c1ccc(=O)n(CC2CCN(c3ncnc4ccc(F)cc34)CC2)n1. The summed E-state index contributed by atoms with van der Waals surface area (Å²) in [6, 6.07) is 8.04. The van der Waals surface area contributed by atoms with E-state index >= 15 is 0 Å². The lowest BCUT2D eigenvalue weighted by molar-refractivity contribution is 0.330. The average molecular weight is 395 g/mol. The fourth-order valence-electron chi connectivity index (χ4n) is 3.82. The molecule has 2 aromatic heterocycles. The molecule has 1 fully saturated rings. The maximum absolute atomic E-state index is 13.7. The number of piperidine rings is 1. The van der Waals surface area contributed by atoms with Crippen LogP contribution >= 0.6 is 0 Å². The predicted octanol–water partition coefficient (Wildman–Crippen LogP) is 3.54. The van der Waals surface area contributed by atoms with Gasteiger partial charge >= 0.3 is 0 Å². The Labute approximate surface area is 169 Å². The Morgan fingerprint density at radius 2 is 1.86 bits per heavy atom. The Kier molecular flexibility index (Phi) is 5.06. The zero-order valence-electron chi connectivity index (χ0n) is 17.1. The van der Waals surface area contributed by atoms with E-state index in [1.807, 2.05) is 6.07 Å². The van der Waals surface area contributed by atoms with Gasteiger partial charge in [-0.25, -0.2) is 19.0 Å². The molecule has 1 aliphatic rings. The maximum Gasteiger partial charge on any atom is 0.266 e. The van der Waals surface area contributed by atoms with Gasteiger partial charge in [-0.2, -0.15) is 5.10 Å². The van der Waals surface area contributed by atoms with Crippen LogP contribution in [0.25, 0.3) is 10.9 Å². The van der Waals surface area contributed by atoms with Crippen molar-refractivity contribution in [2.45, 2.75) is 45.6 Å². The molecule has 0 spiro atoms. The molecule has 0 amide bonds. The Balaban J connectivity index is 1.49. The number of rotatable bonds is 3. The highest BCUT2D eigenvalue weighted by atomic mass is 19.1. The first kappa shape index (κ1) is 19.5. The number of nitrogens with zero attached hydrogens (tertiary/aromatic N) is 5. The third-order valence-corrected chi connectivity index (χ3v) is 5.56. The molecule has 6 nitrogen and oxygen atoms in total. The van der Waals surface area contributed by atoms with E-state index in [9.17, 15) is 9.18 Å². The number of fused-ring (bicyclic) bond motifs is 1. The van der Waals surface area contributed by atoms with Crippen molar-refractivity contribution < 1.29 is 4.39 Å². The number of hydrogen-bond acceptors (Lipinski definition) is 5. The molecule has 1 aliphatic heterocycles. The van der Waals surface area contributed by atoms with Gasteiger partial charge in [0.2, 0.25) is 0 Å². The van der Waals surface area contributed by atoms with Crippen molar-refractivity contribution in [3.8, 4) is 0 Å². The molecule has 3 heterocycles. The number of hydrogen-bond donors (Lipinski definition) is 0. The largest absolute Gasteiger partial charge is 0.356 e. The lowest BCUT2D eigenvalue weighted by atomic mass is 9.92. The standard InChI is InChI=1S/C22H26FN5O/c1-22(2,3)19-6-7-20(29)28(26-19)13-15-8-10-27(11-9-15)21-17-12-16(23)4-5-18(17)24-14-25-21/h4-7,12,14-15H,8-11,13H2,1-3H3. The quantitative estimate of drug-likeness (QED) is 0.679. The smallest absolute Gasteiger partial charge is 0.266 e. The van der Waals surface area contributed by atoms with Crippen LogP contribution in [0.15, 0.2) is 41.5 Å². The van der Waals surface area contributed by atoms with Crippen LogP contribution in [0.1, 0.15) is 39.3 Å². The van der Waals surface area contributed by atoms with E-state index in [0.717, 1.165) is 48.3 Å². The first-order chi connectivity index (χ1) is 13.8. The third-order valence-electron chi connectivity index (χ3n) is 5.56. The zero-order valence-corrected chi connectivity index (χ0v) is 17.1. The highest BCUT2D eigenvalue weighted by molar-refractivity contribution is 5.89. The fraction of sp³-hybridized carbons (Fsp3) is 0.455. The molecule has 152 valence electrons. The summed E-state index contributed by atoms with van der Waals surface area (Å²) in [5.74, 6) is 0.863. The van der Waals surface area contributed by atoms with E-state index in [-0.39, 0.29) is 16.8 Å². The third kappa shape index (κ3) is 4.13. The van der Waals surface area contributed by atoms with E-state index in [1.165, 1.54) is 18.5 Å². The van der Waals surface area contributed by atoms with Gasteiger partial charge in [-0.1, -0.05) is 20.8 Å². The summed E-state index contributed by atoms with van der Waals surface area (Å²) in [6.07, 6.45) is 3.38. The van der Waals surface area contributed by atoms with E-state index in [0.29, 0.717) is 12.5 Å². The molecule has 4 rings (SSSR count). The van der Waals surface area contributed by atoms with Crippen molar-refractivity contribution in [2.75, 3.05) is 18.0 Å². The zero-order chi connectivity index (χ0) is 20.6.